The second kappa shape index (κ2) is 21.0. The summed E-state index contributed by atoms with van der Waals surface area (Å²) in [6.45, 7) is 15.6. The maximum Gasteiger partial charge on any atom is 0.335 e. The molecular weight excluding hydrogens is 520 g/mol. The molecule has 3 aromatic carbocycles. The minimum Gasteiger partial charge on any atom is -0.478 e. The first kappa shape index (κ1) is 37.2. The Balaban J connectivity index is 0.00000132. The highest BCUT2D eigenvalue weighted by molar-refractivity contribution is 7.97. The first-order chi connectivity index (χ1) is 19.1. The van der Waals surface area contributed by atoms with Crippen molar-refractivity contribution in [1.29, 1.82) is 0 Å². The number of rotatable bonds is 9. The van der Waals surface area contributed by atoms with E-state index in [0.717, 1.165) is 52.5 Å². The molecule has 0 aromatic heterocycles. The van der Waals surface area contributed by atoms with Gasteiger partial charge in [0.15, 0.2) is 0 Å². The van der Waals surface area contributed by atoms with Crippen LogP contribution in [0.15, 0.2) is 65.6 Å². The van der Waals surface area contributed by atoms with Crippen LogP contribution in [0.3, 0.4) is 0 Å². The molecule has 3 aromatic rings. The number of anilines is 2. The zero-order chi connectivity index (χ0) is 30.7. The Morgan fingerprint density at radius 3 is 1.95 bits per heavy atom. The first-order valence-electron chi connectivity index (χ1n) is 13.9. The number of aromatic carboxylic acids is 1. The Kier molecular flexibility index (Phi) is 19.5. The van der Waals surface area contributed by atoms with Gasteiger partial charge in [-0.1, -0.05) is 71.7 Å². The molecule has 0 unspecified atom stereocenters. The molecule has 0 aliphatic heterocycles. The van der Waals surface area contributed by atoms with Crippen LogP contribution in [0.25, 0.3) is 11.1 Å². The van der Waals surface area contributed by atoms with E-state index in [9.17, 15) is 15.0 Å². The summed E-state index contributed by atoms with van der Waals surface area (Å²) in [5, 5.41) is 26.2. The standard InChI is InChI=1S/C24H26N2O3S.2C4H10.CH4O/c1-4-26(19-8-6-5-7-9-19)22-12-16(2)20(14-23(22)30-25-3)21-13-17(24(28)29)10-11-18(21)15-27;1-4(2)3;1-3-4-2;1-2/h5-14,25,27H,4,15H2,1-3H3,(H,28,29);4H,1-3H3;3-4H2,1-2H3;2H,1H3. The summed E-state index contributed by atoms with van der Waals surface area (Å²) in [6.07, 6.45) is 2.64. The Hall–Kier alpha value is -2.84. The maximum atomic E-state index is 11.5. The average Bonchev–Trinajstić information content (AvgIpc) is 2.96. The highest BCUT2D eigenvalue weighted by atomic mass is 32.2. The number of hydrogen-bond acceptors (Lipinski definition) is 6. The van der Waals surface area contributed by atoms with Gasteiger partial charge >= 0.3 is 5.97 Å². The number of nitrogens with one attached hydrogen (secondary N) is 1. The van der Waals surface area contributed by atoms with E-state index >= 15 is 0 Å². The second-order valence-corrected chi connectivity index (χ2v) is 10.6. The minimum atomic E-state index is -0.985. The molecule has 0 saturated carbocycles. The lowest BCUT2D eigenvalue weighted by atomic mass is 9.93. The van der Waals surface area contributed by atoms with Crippen molar-refractivity contribution in [2.75, 3.05) is 25.6 Å². The first-order valence-corrected chi connectivity index (χ1v) is 14.7. The van der Waals surface area contributed by atoms with Gasteiger partial charge in [-0.25, -0.2) is 4.79 Å². The molecule has 6 nitrogen and oxygen atoms in total. The lowest BCUT2D eigenvalue weighted by Crippen LogP contribution is -2.17. The molecule has 0 amide bonds. The molecule has 0 heterocycles. The van der Waals surface area contributed by atoms with Crippen molar-refractivity contribution in [1.82, 2.24) is 4.72 Å². The molecule has 0 atom stereocenters. The monoisotopic (exact) mass is 570 g/mol. The largest absolute Gasteiger partial charge is 0.478 e. The molecule has 0 fully saturated rings. The molecule has 40 heavy (non-hydrogen) atoms. The van der Waals surface area contributed by atoms with Crippen molar-refractivity contribution in [3.8, 4) is 11.1 Å². The van der Waals surface area contributed by atoms with Crippen LogP contribution in [0.4, 0.5) is 11.4 Å². The molecule has 7 heteroatoms. The number of unbranched alkanes of at least 4 members (excludes halogenated alkanes) is 1. The fraction of sp³-hybridized carbons (Fsp3) is 0.424. The van der Waals surface area contributed by atoms with Crippen LogP contribution >= 0.6 is 11.9 Å². The number of carboxylic acid groups (broad SMARTS) is 1. The number of para-hydroxylation sites is 1. The summed E-state index contributed by atoms with van der Waals surface area (Å²) in [5.74, 6) is -0.152. The third kappa shape index (κ3) is 12.1. The number of aliphatic hydroxyl groups is 2. The predicted molar refractivity (Wildman–Crippen MR) is 173 cm³/mol. The topological polar surface area (TPSA) is 93.0 Å². The number of aliphatic hydroxyl groups excluding tert-OH is 2. The van der Waals surface area contributed by atoms with Gasteiger partial charge in [-0.2, -0.15) is 0 Å². The smallest absolute Gasteiger partial charge is 0.335 e. The lowest BCUT2D eigenvalue weighted by molar-refractivity contribution is 0.0697. The van der Waals surface area contributed by atoms with Crippen LogP contribution in [0.1, 0.15) is 75.9 Å². The van der Waals surface area contributed by atoms with E-state index in [1.807, 2.05) is 32.2 Å². The van der Waals surface area contributed by atoms with Crippen molar-refractivity contribution in [2.24, 2.45) is 5.92 Å². The number of aryl methyl sites for hydroxylation is 1. The van der Waals surface area contributed by atoms with Crippen LogP contribution in [-0.2, 0) is 6.61 Å². The highest BCUT2D eigenvalue weighted by Crippen LogP contribution is 2.39. The van der Waals surface area contributed by atoms with Gasteiger partial charge in [0.2, 0.25) is 0 Å². The van der Waals surface area contributed by atoms with Crippen molar-refractivity contribution in [3.63, 3.8) is 0 Å². The number of benzene rings is 3. The molecule has 0 aliphatic carbocycles. The lowest BCUT2D eigenvalue weighted by Gasteiger charge is -2.27. The van der Waals surface area contributed by atoms with Crippen LogP contribution in [-0.4, -0.2) is 42.0 Å². The van der Waals surface area contributed by atoms with Crippen LogP contribution in [0.5, 0.6) is 0 Å². The zero-order valence-electron chi connectivity index (χ0n) is 25.8. The van der Waals surface area contributed by atoms with Crippen molar-refractivity contribution in [2.45, 2.75) is 72.8 Å². The van der Waals surface area contributed by atoms with E-state index in [2.05, 4.69) is 75.4 Å². The third-order valence-electron chi connectivity index (χ3n) is 5.51. The van der Waals surface area contributed by atoms with Gasteiger partial charge in [0.1, 0.15) is 0 Å². The Labute approximate surface area is 246 Å². The normalized spacial score (nSPS) is 9.90. The Morgan fingerprint density at radius 2 is 1.50 bits per heavy atom. The Morgan fingerprint density at radius 1 is 0.925 bits per heavy atom. The summed E-state index contributed by atoms with van der Waals surface area (Å²) < 4.78 is 3.16. The molecular formula is C33H50N2O4S. The van der Waals surface area contributed by atoms with Gasteiger partial charge in [0.25, 0.3) is 0 Å². The van der Waals surface area contributed by atoms with Crippen molar-refractivity contribution in [3.05, 3.63) is 77.4 Å². The number of hydrogen-bond donors (Lipinski definition) is 4. The fourth-order valence-corrected chi connectivity index (χ4v) is 4.23. The quantitative estimate of drug-likeness (QED) is 0.192. The van der Waals surface area contributed by atoms with Gasteiger partial charge in [0.05, 0.1) is 17.9 Å². The molecule has 0 radical (unpaired) electrons. The molecule has 4 N–H and O–H groups in total. The van der Waals surface area contributed by atoms with E-state index < -0.39 is 5.97 Å². The van der Waals surface area contributed by atoms with E-state index in [0.29, 0.717) is 5.56 Å². The molecule has 0 aliphatic rings. The highest BCUT2D eigenvalue weighted by Gasteiger charge is 2.18. The van der Waals surface area contributed by atoms with Gasteiger partial charge < -0.3 is 20.2 Å². The van der Waals surface area contributed by atoms with Gasteiger partial charge in [0, 0.05) is 24.2 Å². The van der Waals surface area contributed by atoms with E-state index in [-0.39, 0.29) is 12.2 Å². The average molecular weight is 571 g/mol. The Bertz CT molecular complexity index is 1120. The van der Waals surface area contributed by atoms with Gasteiger partial charge in [-0.3, -0.25) is 4.72 Å². The van der Waals surface area contributed by atoms with Crippen LogP contribution in [0, 0.1) is 12.8 Å². The van der Waals surface area contributed by atoms with Gasteiger partial charge in [-0.15, -0.1) is 0 Å². The molecule has 0 spiro atoms. The molecule has 0 bridgehead atoms. The molecule has 0 saturated heterocycles. The van der Waals surface area contributed by atoms with Gasteiger partial charge in [-0.05, 0) is 97.4 Å². The number of carboxylic acids is 1. The summed E-state index contributed by atoms with van der Waals surface area (Å²) in [6, 6.07) is 19.3. The summed E-state index contributed by atoms with van der Waals surface area (Å²) >= 11 is 1.51. The number of nitrogens with zero attached hydrogens (tertiary/aromatic N) is 1. The van der Waals surface area contributed by atoms with E-state index in [1.165, 1.54) is 30.9 Å². The SMILES string of the molecule is CC(C)C.CCCC.CCN(c1ccccc1)c1cc(C)c(-c2cc(C(=O)O)ccc2CO)cc1SNC.CO. The second-order valence-electron chi connectivity index (χ2n) is 9.59. The van der Waals surface area contributed by atoms with Crippen LogP contribution < -0.4 is 9.62 Å². The summed E-state index contributed by atoms with van der Waals surface area (Å²) in [4.78, 5) is 14.8. The zero-order valence-corrected chi connectivity index (χ0v) is 26.6. The fourth-order valence-electron chi connectivity index (χ4n) is 3.56. The predicted octanol–water partition coefficient (Wildman–Crippen LogP) is 8.31. The third-order valence-corrected chi connectivity index (χ3v) is 6.26. The van der Waals surface area contributed by atoms with Crippen molar-refractivity contribution < 1.29 is 20.1 Å². The van der Waals surface area contributed by atoms with Crippen molar-refractivity contribution >= 4 is 29.3 Å². The minimum absolute atomic E-state index is 0.157. The van der Waals surface area contributed by atoms with Crippen LogP contribution in [0.2, 0.25) is 0 Å². The van der Waals surface area contributed by atoms with E-state index in [4.69, 9.17) is 5.11 Å². The molecule has 3 rings (SSSR count). The summed E-state index contributed by atoms with van der Waals surface area (Å²) in [7, 11) is 2.87. The summed E-state index contributed by atoms with van der Waals surface area (Å²) in [5.41, 5.74) is 5.74. The number of carbonyl (C=O) groups is 1. The van der Waals surface area contributed by atoms with E-state index in [1.54, 1.807) is 12.1 Å². The maximum absolute atomic E-state index is 11.5. The molecule has 222 valence electrons.